The molecule has 2 fully saturated rings. The summed E-state index contributed by atoms with van der Waals surface area (Å²) in [5, 5.41) is 9.11. The Morgan fingerprint density at radius 1 is 1.26 bits per heavy atom. The molecular formula is C13H20N2O4. The number of rotatable bonds is 2. The molecule has 6 nitrogen and oxygen atoms in total. The number of aliphatic carboxylic acids is 1. The molecule has 1 aliphatic heterocycles. The number of carboxylic acids is 1. The summed E-state index contributed by atoms with van der Waals surface area (Å²) in [7, 11) is 1.72. The maximum absolute atomic E-state index is 12.4. The maximum atomic E-state index is 12.4. The van der Waals surface area contributed by atoms with E-state index in [0.717, 1.165) is 6.42 Å². The van der Waals surface area contributed by atoms with E-state index in [1.54, 1.807) is 25.8 Å². The van der Waals surface area contributed by atoms with Gasteiger partial charge in [-0.1, -0.05) is 13.8 Å². The van der Waals surface area contributed by atoms with E-state index in [-0.39, 0.29) is 18.4 Å². The lowest BCUT2D eigenvalue weighted by Crippen LogP contribution is -2.39. The maximum Gasteiger partial charge on any atom is 0.307 e. The highest BCUT2D eigenvalue weighted by molar-refractivity contribution is 5.93. The van der Waals surface area contributed by atoms with Crippen LogP contribution in [0, 0.1) is 17.3 Å². The number of amides is 2. The third-order valence-electron chi connectivity index (χ3n) is 4.34. The average molecular weight is 268 g/mol. The topological polar surface area (TPSA) is 77.9 Å². The normalized spacial score (nSPS) is 29.9. The van der Waals surface area contributed by atoms with Crippen molar-refractivity contribution in [2.45, 2.75) is 20.3 Å². The van der Waals surface area contributed by atoms with E-state index in [4.69, 9.17) is 5.11 Å². The van der Waals surface area contributed by atoms with Crippen molar-refractivity contribution >= 4 is 17.8 Å². The summed E-state index contributed by atoms with van der Waals surface area (Å²) in [4.78, 5) is 38.4. The molecule has 19 heavy (non-hydrogen) atoms. The van der Waals surface area contributed by atoms with E-state index < -0.39 is 23.2 Å². The molecule has 0 aromatic heterocycles. The van der Waals surface area contributed by atoms with Crippen LogP contribution in [0.15, 0.2) is 0 Å². The van der Waals surface area contributed by atoms with Crippen LogP contribution in [-0.4, -0.2) is 59.4 Å². The van der Waals surface area contributed by atoms with Crippen LogP contribution in [0.5, 0.6) is 0 Å². The van der Waals surface area contributed by atoms with Crippen LogP contribution in [0.1, 0.15) is 20.3 Å². The van der Waals surface area contributed by atoms with Crippen molar-refractivity contribution < 1.29 is 19.5 Å². The summed E-state index contributed by atoms with van der Waals surface area (Å²) < 4.78 is 0. The number of nitrogens with zero attached hydrogens (tertiary/aromatic N) is 2. The smallest absolute Gasteiger partial charge is 0.307 e. The molecule has 1 aliphatic carbocycles. The molecule has 1 saturated heterocycles. The molecule has 2 aliphatic rings. The molecule has 1 N–H and O–H groups in total. The van der Waals surface area contributed by atoms with Gasteiger partial charge in [0.25, 0.3) is 0 Å². The molecule has 0 bridgehead atoms. The minimum absolute atomic E-state index is 0.0637. The first kappa shape index (κ1) is 13.8. The van der Waals surface area contributed by atoms with Gasteiger partial charge < -0.3 is 14.9 Å². The monoisotopic (exact) mass is 268 g/mol. The molecule has 0 radical (unpaired) electrons. The lowest BCUT2D eigenvalue weighted by Gasteiger charge is -2.20. The summed E-state index contributed by atoms with van der Waals surface area (Å²) in [5.74, 6) is -2.34. The Hall–Kier alpha value is -1.59. The zero-order valence-electron chi connectivity index (χ0n) is 11.5. The summed E-state index contributed by atoms with van der Waals surface area (Å²) in [6, 6.07) is 0. The van der Waals surface area contributed by atoms with E-state index in [1.807, 2.05) is 0 Å². The number of hydrogen-bond donors (Lipinski definition) is 1. The zero-order valence-corrected chi connectivity index (χ0v) is 11.5. The van der Waals surface area contributed by atoms with E-state index in [0.29, 0.717) is 13.1 Å². The number of carbonyl (C=O) groups is 3. The zero-order chi connectivity index (χ0) is 14.4. The molecule has 0 spiro atoms. The Morgan fingerprint density at radius 3 is 2.42 bits per heavy atom. The van der Waals surface area contributed by atoms with Crippen molar-refractivity contribution in [3.05, 3.63) is 0 Å². The number of hydrogen-bond acceptors (Lipinski definition) is 3. The van der Waals surface area contributed by atoms with E-state index in [9.17, 15) is 14.4 Å². The van der Waals surface area contributed by atoms with Gasteiger partial charge in [-0.05, 0) is 11.8 Å². The van der Waals surface area contributed by atoms with Gasteiger partial charge in [0.1, 0.15) is 0 Å². The van der Waals surface area contributed by atoms with E-state index >= 15 is 0 Å². The Bertz CT molecular complexity index is 432. The Kier molecular flexibility index (Phi) is 3.28. The first-order valence-corrected chi connectivity index (χ1v) is 6.52. The Morgan fingerprint density at radius 2 is 1.89 bits per heavy atom. The highest BCUT2D eigenvalue weighted by atomic mass is 16.4. The molecule has 2 amide bonds. The van der Waals surface area contributed by atoms with Crippen LogP contribution in [-0.2, 0) is 14.4 Å². The van der Waals surface area contributed by atoms with Crippen molar-refractivity contribution in [2.75, 3.05) is 26.7 Å². The van der Waals surface area contributed by atoms with Gasteiger partial charge in [0.05, 0.1) is 18.4 Å². The van der Waals surface area contributed by atoms with Gasteiger partial charge in [-0.15, -0.1) is 0 Å². The van der Waals surface area contributed by atoms with Crippen LogP contribution >= 0.6 is 0 Å². The summed E-state index contributed by atoms with van der Waals surface area (Å²) in [5.41, 5.74) is -0.510. The number of carbonyl (C=O) groups excluding carboxylic acids is 2. The molecule has 0 aromatic carbocycles. The van der Waals surface area contributed by atoms with Gasteiger partial charge in [0.2, 0.25) is 11.8 Å². The first-order chi connectivity index (χ1) is 8.76. The van der Waals surface area contributed by atoms with Gasteiger partial charge in [0, 0.05) is 20.1 Å². The summed E-state index contributed by atoms with van der Waals surface area (Å²) in [6.07, 6.45) is 0.735. The van der Waals surface area contributed by atoms with Crippen LogP contribution in [0.4, 0.5) is 0 Å². The van der Waals surface area contributed by atoms with Crippen LogP contribution in [0.2, 0.25) is 0 Å². The largest absolute Gasteiger partial charge is 0.481 e. The fraction of sp³-hybridized carbons (Fsp3) is 0.769. The van der Waals surface area contributed by atoms with E-state index in [1.165, 1.54) is 4.90 Å². The molecule has 1 saturated carbocycles. The lowest BCUT2D eigenvalue weighted by atomic mass is 10.1. The predicted molar refractivity (Wildman–Crippen MR) is 67.2 cm³/mol. The van der Waals surface area contributed by atoms with Gasteiger partial charge in [-0.25, -0.2) is 0 Å². The fourth-order valence-electron chi connectivity index (χ4n) is 2.93. The fourth-order valence-corrected chi connectivity index (χ4v) is 2.93. The molecule has 6 heteroatoms. The van der Waals surface area contributed by atoms with Gasteiger partial charge in [0.15, 0.2) is 0 Å². The Balaban J connectivity index is 2.09. The van der Waals surface area contributed by atoms with Crippen molar-refractivity contribution in [3.63, 3.8) is 0 Å². The third-order valence-corrected chi connectivity index (χ3v) is 4.34. The van der Waals surface area contributed by atoms with Gasteiger partial charge >= 0.3 is 5.97 Å². The Labute approximate surface area is 112 Å². The van der Waals surface area contributed by atoms with E-state index in [2.05, 4.69) is 0 Å². The standard InChI is InChI=1S/C13H20N2O4/c1-13(2)9(10(13)12(18)19)11(17)15-6-4-5-14(3)8(16)7-15/h9-10H,4-7H2,1-3H3,(H,18,19)/t9-,10+/m1/s1. The second-order valence-corrected chi connectivity index (χ2v) is 6.04. The second kappa shape index (κ2) is 4.51. The first-order valence-electron chi connectivity index (χ1n) is 6.52. The molecule has 0 aromatic rings. The molecule has 106 valence electrons. The number of likely N-dealkylation sites (N-methyl/N-ethyl adjacent to an activating group) is 1. The highest BCUT2D eigenvalue weighted by Gasteiger charge is 2.66. The average Bonchev–Trinajstić information content (AvgIpc) is 2.93. The quantitative estimate of drug-likeness (QED) is 0.766. The van der Waals surface area contributed by atoms with Gasteiger partial charge in [-0.2, -0.15) is 0 Å². The van der Waals surface area contributed by atoms with Gasteiger partial charge in [-0.3, -0.25) is 14.4 Å². The molecule has 0 unspecified atom stereocenters. The van der Waals surface area contributed by atoms with Crippen molar-refractivity contribution in [3.8, 4) is 0 Å². The van der Waals surface area contributed by atoms with Crippen molar-refractivity contribution in [2.24, 2.45) is 17.3 Å². The van der Waals surface area contributed by atoms with Crippen LogP contribution in [0.3, 0.4) is 0 Å². The molecular weight excluding hydrogens is 248 g/mol. The molecule has 2 atom stereocenters. The van der Waals surface area contributed by atoms with Crippen molar-refractivity contribution in [1.82, 2.24) is 9.80 Å². The van der Waals surface area contributed by atoms with Crippen molar-refractivity contribution in [1.29, 1.82) is 0 Å². The SMILES string of the molecule is CN1CCCN(C(=O)[C@H]2[C@@H](C(=O)O)C2(C)C)CC1=O. The third kappa shape index (κ3) is 2.31. The predicted octanol–water partition coefficient (Wildman–Crippen LogP) is 0.0339. The summed E-state index contributed by atoms with van der Waals surface area (Å²) >= 11 is 0. The molecule has 1 heterocycles. The second-order valence-electron chi connectivity index (χ2n) is 6.04. The lowest BCUT2D eigenvalue weighted by molar-refractivity contribution is -0.143. The highest BCUT2D eigenvalue weighted by Crippen LogP contribution is 2.59. The molecule has 2 rings (SSSR count). The summed E-state index contributed by atoms with van der Waals surface area (Å²) in [6.45, 7) is 4.81. The van der Waals surface area contributed by atoms with Crippen LogP contribution < -0.4 is 0 Å². The minimum Gasteiger partial charge on any atom is -0.481 e. The van der Waals surface area contributed by atoms with Crippen LogP contribution in [0.25, 0.3) is 0 Å². The minimum atomic E-state index is -0.929. The number of carboxylic acid groups (broad SMARTS) is 1.